The first-order chi connectivity index (χ1) is 9.75. The molecular formula is C16H14N2O2. The molecule has 4 atom stereocenters. The van der Waals surface area contributed by atoms with Crippen molar-refractivity contribution in [1.82, 2.24) is 0 Å². The van der Waals surface area contributed by atoms with Gasteiger partial charge in [0.1, 0.15) is 5.76 Å². The van der Waals surface area contributed by atoms with E-state index in [0.717, 1.165) is 6.42 Å². The van der Waals surface area contributed by atoms with Crippen molar-refractivity contribution in [3.05, 3.63) is 53.9 Å². The Kier molecular flexibility index (Phi) is 2.39. The third-order valence-electron chi connectivity index (χ3n) is 4.58. The van der Waals surface area contributed by atoms with E-state index in [-0.39, 0.29) is 35.0 Å². The Balaban J connectivity index is 1.66. The Bertz CT molecular complexity index is 660. The van der Waals surface area contributed by atoms with Crippen molar-refractivity contribution < 1.29 is 9.90 Å². The number of aliphatic hydroxyl groups is 1. The van der Waals surface area contributed by atoms with Gasteiger partial charge >= 0.3 is 0 Å². The first-order valence-electron chi connectivity index (χ1n) is 6.88. The molecule has 0 radical (unpaired) electrons. The molecule has 0 aromatic heterocycles. The number of aliphatic hydroxyl groups excluding tert-OH is 1. The van der Waals surface area contributed by atoms with Crippen LogP contribution in [0.2, 0.25) is 0 Å². The Labute approximate surface area is 116 Å². The number of fused-ring (bicyclic) bond motifs is 5. The number of carbonyl (C=O) groups excluding carboxylic acids is 1. The summed E-state index contributed by atoms with van der Waals surface area (Å²) in [4.78, 5) is 12.4. The van der Waals surface area contributed by atoms with Crippen molar-refractivity contribution in [2.24, 2.45) is 33.9 Å². The molecule has 4 rings (SSSR count). The molecule has 0 unspecified atom stereocenters. The summed E-state index contributed by atoms with van der Waals surface area (Å²) in [6.45, 7) is 0. The highest BCUT2D eigenvalue weighted by molar-refractivity contribution is 6.01. The number of allylic oxidation sites excluding steroid dienone is 4. The average Bonchev–Trinajstić information content (AvgIpc) is 3.13. The molecule has 0 saturated heterocycles. The molecule has 3 aliphatic carbocycles. The second-order valence-corrected chi connectivity index (χ2v) is 5.63. The third-order valence-corrected chi connectivity index (χ3v) is 4.58. The van der Waals surface area contributed by atoms with Gasteiger partial charge in [-0.15, -0.1) is 5.11 Å². The van der Waals surface area contributed by atoms with Gasteiger partial charge in [0.15, 0.2) is 11.5 Å². The van der Waals surface area contributed by atoms with E-state index in [1.165, 1.54) is 0 Å². The van der Waals surface area contributed by atoms with Crippen LogP contribution in [0.25, 0.3) is 0 Å². The minimum atomic E-state index is -0.116. The minimum Gasteiger partial charge on any atom is -0.510 e. The molecule has 2 bridgehead atoms. The SMILES string of the molecule is O=C1C(N=Nc2ccccc2)=C(O)[C@@H]2[C@@H]1[C@H]1C=C[C@H]2C1. The highest BCUT2D eigenvalue weighted by Crippen LogP contribution is 2.55. The maximum absolute atomic E-state index is 12.4. The topological polar surface area (TPSA) is 62.0 Å². The molecule has 1 N–H and O–H groups in total. The number of ketones is 1. The molecule has 1 fully saturated rings. The zero-order valence-electron chi connectivity index (χ0n) is 10.8. The van der Waals surface area contributed by atoms with E-state index in [1.54, 1.807) is 0 Å². The van der Waals surface area contributed by atoms with Gasteiger partial charge in [0.2, 0.25) is 0 Å². The van der Waals surface area contributed by atoms with E-state index in [9.17, 15) is 9.90 Å². The van der Waals surface area contributed by atoms with Crippen molar-refractivity contribution in [2.45, 2.75) is 6.42 Å². The number of Topliss-reactive ketones (excluding diaryl/α,β-unsaturated/α-hetero) is 1. The van der Waals surface area contributed by atoms with Crippen LogP contribution in [-0.2, 0) is 4.79 Å². The van der Waals surface area contributed by atoms with Gasteiger partial charge < -0.3 is 5.11 Å². The standard InChI is InChI=1S/C16H14N2O2/c19-15-12-9-6-7-10(8-9)13(12)16(20)14(15)18-17-11-4-2-1-3-5-11/h1-7,9-10,12-13,19H,8H2/t9-,10-,12-,13-/m0/s1. The van der Waals surface area contributed by atoms with Crippen molar-refractivity contribution in [3.63, 3.8) is 0 Å². The van der Waals surface area contributed by atoms with E-state index in [4.69, 9.17) is 0 Å². The zero-order valence-corrected chi connectivity index (χ0v) is 10.8. The van der Waals surface area contributed by atoms with E-state index in [0.29, 0.717) is 11.6 Å². The van der Waals surface area contributed by atoms with E-state index in [1.807, 2.05) is 30.3 Å². The summed E-state index contributed by atoms with van der Waals surface area (Å²) in [5.74, 6) is 0.458. The first-order valence-corrected chi connectivity index (χ1v) is 6.88. The summed E-state index contributed by atoms with van der Waals surface area (Å²) in [6, 6.07) is 9.24. The molecule has 20 heavy (non-hydrogen) atoms. The monoisotopic (exact) mass is 266 g/mol. The highest BCUT2D eigenvalue weighted by Gasteiger charge is 2.55. The number of carbonyl (C=O) groups is 1. The van der Waals surface area contributed by atoms with Gasteiger partial charge in [0.25, 0.3) is 0 Å². The lowest BCUT2D eigenvalue weighted by molar-refractivity contribution is -0.119. The fraction of sp³-hybridized carbons (Fsp3) is 0.312. The fourth-order valence-corrected chi connectivity index (χ4v) is 3.70. The van der Waals surface area contributed by atoms with Crippen LogP contribution in [-0.4, -0.2) is 10.9 Å². The van der Waals surface area contributed by atoms with Gasteiger partial charge in [-0.25, -0.2) is 0 Å². The van der Waals surface area contributed by atoms with Crippen LogP contribution >= 0.6 is 0 Å². The smallest absolute Gasteiger partial charge is 0.190 e. The molecule has 1 aromatic carbocycles. The van der Waals surface area contributed by atoms with Gasteiger partial charge in [-0.1, -0.05) is 30.4 Å². The minimum absolute atomic E-state index is 0.0518. The van der Waals surface area contributed by atoms with Gasteiger partial charge in [-0.2, -0.15) is 5.11 Å². The first kappa shape index (κ1) is 11.6. The summed E-state index contributed by atoms with van der Waals surface area (Å²) >= 11 is 0. The van der Waals surface area contributed by atoms with Crippen molar-refractivity contribution in [3.8, 4) is 0 Å². The Morgan fingerprint density at radius 3 is 2.40 bits per heavy atom. The molecule has 4 nitrogen and oxygen atoms in total. The summed E-state index contributed by atoms with van der Waals surface area (Å²) in [5, 5.41) is 18.4. The molecule has 0 heterocycles. The predicted octanol–water partition coefficient (Wildman–Crippen LogP) is 3.56. The van der Waals surface area contributed by atoms with Crippen LogP contribution in [0.1, 0.15) is 6.42 Å². The number of nitrogens with zero attached hydrogens (tertiary/aromatic N) is 2. The summed E-state index contributed by atoms with van der Waals surface area (Å²) in [6.07, 6.45) is 5.20. The maximum atomic E-state index is 12.4. The van der Waals surface area contributed by atoms with Crippen LogP contribution < -0.4 is 0 Å². The Morgan fingerprint density at radius 1 is 1.00 bits per heavy atom. The summed E-state index contributed by atoms with van der Waals surface area (Å²) < 4.78 is 0. The lowest BCUT2D eigenvalue weighted by Crippen LogP contribution is -2.22. The Hall–Kier alpha value is -2.23. The molecule has 1 saturated carbocycles. The molecule has 1 aromatic rings. The largest absolute Gasteiger partial charge is 0.510 e. The number of azo groups is 1. The highest BCUT2D eigenvalue weighted by atomic mass is 16.3. The van der Waals surface area contributed by atoms with E-state index in [2.05, 4.69) is 22.4 Å². The number of hydrogen-bond donors (Lipinski definition) is 1. The quantitative estimate of drug-likeness (QED) is 0.657. The second kappa shape index (κ2) is 4.13. The van der Waals surface area contributed by atoms with Gasteiger partial charge in [-0.3, -0.25) is 4.79 Å². The molecule has 3 aliphatic rings. The van der Waals surface area contributed by atoms with Crippen molar-refractivity contribution in [1.29, 1.82) is 0 Å². The number of benzene rings is 1. The fourth-order valence-electron chi connectivity index (χ4n) is 3.70. The summed E-state index contributed by atoms with van der Waals surface area (Å²) in [7, 11) is 0. The van der Waals surface area contributed by atoms with E-state index < -0.39 is 0 Å². The van der Waals surface area contributed by atoms with Crippen LogP contribution in [0.3, 0.4) is 0 Å². The molecule has 0 amide bonds. The normalized spacial score (nSPS) is 34.5. The van der Waals surface area contributed by atoms with Crippen LogP contribution in [0.4, 0.5) is 5.69 Å². The molecule has 0 spiro atoms. The van der Waals surface area contributed by atoms with Crippen LogP contribution in [0, 0.1) is 23.7 Å². The maximum Gasteiger partial charge on any atom is 0.190 e. The van der Waals surface area contributed by atoms with Gasteiger partial charge in [0, 0.05) is 11.8 Å². The predicted molar refractivity (Wildman–Crippen MR) is 73.3 cm³/mol. The van der Waals surface area contributed by atoms with E-state index >= 15 is 0 Å². The number of hydrogen-bond acceptors (Lipinski definition) is 4. The lowest BCUT2D eigenvalue weighted by atomic mass is 9.84. The molecular weight excluding hydrogens is 252 g/mol. The number of rotatable bonds is 2. The third kappa shape index (κ3) is 1.51. The van der Waals surface area contributed by atoms with Gasteiger partial charge in [-0.05, 0) is 30.4 Å². The second-order valence-electron chi connectivity index (χ2n) is 5.63. The zero-order chi connectivity index (χ0) is 13.7. The molecule has 100 valence electrons. The van der Waals surface area contributed by atoms with Gasteiger partial charge in [0.05, 0.1) is 5.69 Å². The van der Waals surface area contributed by atoms with Crippen molar-refractivity contribution >= 4 is 11.5 Å². The van der Waals surface area contributed by atoms with Crippen LogP contribution in [0.15, 0.2) is 64.2 Å². The molecule has 0 aliphatic heterocycles. The lowest BCUT2D eigenvalue weighted by Gasteiger charge is -2.18. The van der Waals surface area contributed by atoms with Crippen LogP contribution in [0.5, 0.6) is 0 Å². The average molecular weight is 266 g/mol. The Morgan fingerprint density at radius 2 is 1.70 bits per heavy atom. The summed E-state index contributed by atoms with van der Waals surface area (Å²) in [5.41, 5.74) is 0.834. The van der Waals surface area contributed by atoms with Crippen molar-refractivity contribution in [2.75, 3.05) is 0 Å². The molecule has 4 heteroatoms.